The second kappa shape index (κ2) is 12.0. The molecule has 2 heterocycles. The van der Waals surface area contributed by atoms with Crippen molar-refractivity contribution in [3.05, 3.63) is 28.9 Å². The van der Waals surface area contributed by atoms with Gasteiger partial charge in [0.1, 0.15) is 11.4 Å². The third-order valence-electron chi connectivity index (χ3n) is 5.84. The minimum absolute atomic E-state index is 0. The molecule has 6 nitrogen and oxygen atoms in total. The molecule has 1 fully saturated rings. The smallest absolute Gasteiger partial charge is 0.272 e. The molecule has 0 unspecified atom stereocenters. The number of methoxy groups -OCH3 is 2. The van der Waals surface area contributed by atoms with Gasteiger partial charge in [-0.05, 0) is 52.1 Å². The average molecular weight is 472 g/mol. The zero-order valence-corrected chi connectivity index (χ0v) is 20.5. The molecule has 0 aliphatic carbocycles. The van der Waals surface area contributed by atoms with Crippen molar-refractivity contribution in [1.82, 2.24) is 14.8 Å². The fraction of sp³-hybridized carbons (Fsp3) is 0.609. The summed E-state index contributed by atoms with van der Waals surface area (Å²) in [6.45, 7) is 7.36. The fourth-order valence-corrected chi connectivity index (χ4v) is 4.80. The summed E-state index contributed by atoms with van der Waals surface area (Å²) < 4.78 is 12.9. The highest BCUT2D eigenvalue weighted by Gasteiger charge is 2.33. The van der Waals surface area contributed by atoms with E-state index in [1.807, 2.05) is 23.1 Å². The Hall–Kier alpha value is -1.47. The molecule has 31 heavy (non-hydrogen) atoms. The number of halogens is 2. The van der Waals surface area contributed by atoms with E-state index >= 15 is 0 Å². The van der Waals surface area contributed by atoms with Crippen LogP contribution in [0.5, 0.6) is 5.75 Å². The number of benzene rings is 1. The third-order valence-corrected chi connectivity index (χ3v) is 6.22. The zero-order chi connectivity index (χ0) is 21.7. The SMILES string of the molecule is COCCCCn1c(C(=O)N(C(C)C)[C@@H]2CCCNC2)c(Cl)c2cccc(OC)c21.Cl. The van der Waals surface area contributed by atoms with Gasteiger partial charge in [-0.1, -0.05) is 23.7 Å². The van der Waals surface area contributed by atoms with Gasteiger partial charge in [0.05, 0.1) is 17.6 Å². The molecule has 1 amide bonds. The molecule has 1 saturated heterocycles. The van der Waals surface area contributed by atoms with Gasteiger partial charge in [-0.3, -0.25) is 4.79 Å². The molecule has 3 rings (SSSR count). The predicted molar refractivity (Wildman–Crippen MR) is 129 cm³/mol. The van der Waals surface area contributed by atoms with Crippen LogP contribution in [0, 0.1) is 0 Å². The number of aromatic nitrogens is 1. The van der Waals surface area contributed by atoms with Crippen LogP contribution in [0.25, 0.3) is 10.9 Å². The normalized spacial score (nSPS) is 16.4. The van der Waals surface area contributed by atoms with E-state index in [2.05, 4.69) is 23.7 Å². The van der Waals surface area contributed by atoms with Crippen LogP contribution >= 0.6 is 24.0 Å². The number of fused-ring (bicyclic) bond motifs is 1. The van der Waals surface area contributed by atoms with Crippen molar-refractivity contribution >= 4 is 40.8 Å². The fourth-order valence-electron chi connectivity index (χ4n) is 4.46. The van der Waals surface area contributed by atoms with Crippen LogP contribution in [-0.4, -0.2) is 61.4 Å². The molecule has 2 aromatic rings. The maximum absolute atomic E-state index is 13.9. The van der Waals surface area contributed by atoms with Crippen LogP contribution in [0.4, 0.5) is 0 Å². The molecule has 0 spiro atoms. The second-order valence-corrected chi connectivity index (χ2v) is 8.55. The summed E-state index contributed by atoms with van der Waals surface area (Å²) in [5, 5.41) is 4.80. The number of carbonyl (C=O) groups excluding carboxylic acids is 1. The minimum atomic E-state index is -0.00584. The number of para-hydroxylation sites is 1. The molecule has 1 aromatic heterocycles. The van der Waals surface area contributed by atoms with Crippen molar-refractivity contribution < 1.29 is 14.3 Å². The van der Waals surface area contributed by atoms with E-state index in [0.29, 0.717) is 23.9 Å². The van der Waals surface area contributed by atoms with Crippen molar-refractivity contribution in [1.29, 1.82) is 0 Å². The summed E-state index contributed by atoms with van der Waals surface area (Å²) in [5.74, 6) is 0.726. The lowest BCUT2D eigenvalue weighted by Gasteiger charge is -2.38. The summed E-state index contributed by atoms with van der Waals surface area (Å²) in [6, 6.07) is 6.06. The summed E-state index contributed by atoms with van der Waals surface area (Å²) >= 11 is 6.85. The molecule has 0 saturated carbocycles. The number of piperidine rings is 1. The number of nitrogens with one attached hydrogen (secondary N) is 1. The van der Waals surface area contributed by atoms with E-state index in [0.717, 1.165) is 55.4 Å². The average Bonchev–Trinajstić information content (AvgIpc) is 3.03. The van der Waals surface area contributed by atoms with Crippen LogP contribution < -0.4 is 10.1 Å². The maximum Gasteiger partial charge on any atom is 0.272 e. The molecule has 1 N–H and O–H groups in total. The van der Waals surface area contributed by atoms with Gasteiger partial charge in [-0.15, -0.1) is 12.4 Å². The first kappa shape index (κ1) is 25.8. The summed E-state index contributed by atoms with van der Waals surface area (Å²) in [7, 11) is 3.36. The Labute approximate surface area is 196 Å². The van der Waals surface area contributed by atoms with Gasteiger partial charge < -0.3 is 24.3 Å². The lowest BCUT2D eigenvalue weighted by Crippen LogP contribution is -2.52. The van der Waals surface area contributed by atoms with Crippen molar-refractivity contribution in [2.24, 2.45) is 0 Å². The van der Waals surface area contributed by atoms with Crippen LogP contribution in [0.1, 0.15) is 50.0 Å². The van der Waals surface area contributed by atoms with E-state index in [1.54, 1.807) is 14.2 Å². The number of rotatable bonds is 9. The van der Waals surface area contributed by atoms with Crippen LogP contribution in [0.15, 0.2) is 18.2 Å². The molecular weight excluding hydrogens is 437 g/mol. The van der Waals surface area contributed by atoms with Crippen LogP contribution in [0.2, 0.25) is 5.02 Å². The largest absolute Gasteiger partial charge is 0.495 e. The van der Waals surface area contributed by atoms with Gasteiger partial charge in [0.15, 0.2) is 0 Å². The maximum atomic E-state index is 13.9. The van der Waals surface area contributed by atoms with Crippen LogP contribution in [0.3, 0.4) is 0 Å². The molecule has 1 aliphatic heterocycles. The highest BCUT2D eigenvalue weighted by atomic mass is 35.5. The predicted octanol–water partition coefficient (Wildman–Crippen LogP) is 4.75. The van der Waals surface area contributed by atoms with Crippen molar-refractivity contribution in [3.63, 3.8) is 0 Å². The molecule has 1 aromatic carbocycles. The van der Waals surface area contributed by atoms with Gasteiger partial charge in [0.2, 0.25) is 0 Å². The summed E-state index contributed by atoms with van der Waals surface area (Å²) in [5.41, 5.74) is 1.45. The first-order valence-corrected chi connectivity index (χ1v) is 11.3. The summed E-state index contributed by atoms with van der Waals surface area (Å²) in [6.07, 6.45) is 3.88. The Morgan fingerprint density at radius 3 is 2.71 bits per heavy atom. The standard InChI is InChI=1S/C23H34ClN3O3.ClH/c1-16(2)27(17-9-8-12-25-15-17)23(28)22-20(24)18-10-7-11-19(30-4)21(18)26(22)13-5-6-14-29-3;/h7,10-11,16-17,25H,5-6,8-9,12-15H2,1-4H3;1H/t17-;/m1./s1. The Balaban J connectivity index is 0.00000341. The number of hydrogen-bond donors (Lipinski definition) is 1. The minimum Gasteiger partial charge on any atom is -0.495 e. The lowest BCUT2D eigenvalue weighted by molar-refractivity contribution is 0.0562. The number of hydrogen-bond acceptors (Lipinski definition) is 4. The van der Waals surface area contributed by atoms with Gasteiger partial charge in [0, 0.05) is 44.3 Å². The number of aryl methyl sites for hydroxylation is 1. The molecule has 8 heteroatoms. The van der Waals surface area contributed by atoms with Gasteiger partial charge in [0.25, 0.3) is 5.91 Å². The first-order chi connectivity index (χ1) is 14.5. The van der Waals surface area contributed by atoms with Crippen molar-refractivity contribution in [2.45, 2.75) is 58.2 Å². The molecule has 0 radical (unpaired) electrons. The van der Waals surface area contributed by atoms with Gasteiger partial charge >= 0.3 is 0 Å². The van der Waals surface area contributed by atoms with E-state index in [-0.39, 0.29) is 30.4 Å². The van der Waals surface area contributed by atoms with E-state index in [1.165, 1.54) is 0 Å². The van der Waals surface area contributed by atoms with Crippen LogP contribution in [-0.2, 0) is 11.3 Å². The van der Waals surface area contributed by atoms with Crippen molar-refractivity contribution in [3.8, 4) is 5.75 Å². The lowest BCUT2D eigenvalue weighted by atomic mass is 10.0. The van der Waals surface area contributed by atoms with Gasteiger partial charge in [-0.2, -0.15) is 0 Å². The second-order valence-electron chi connectivity index (χ2n) is 8.18. The number of carbonyl (C=O) groups is 1. The highest BCUT2D eigenvalue weighted by Crippen LogP contribution is 2.37. The Morgan fingerprint density at radius 2 is 2.10 bits per heavy atom. The Bertz CT molecular complexity index is 863. The molecular formula is C23H35Cl2N3O3. The number of unbranched alkanes of at least 4 members (excludes halogenated alkanes) is 1. The molecule has 1 atom stereocenters. The number of ether oxygens (including phenoxy) is 2. The molecule has 174 valence electrons. The topological polar surface area (TPSA) is 55.7 Å². The highest BCUT2D eigenvalue weighted by molar-refractivity contribution is 6.39. The first-order valence-electron chi connectivity index (χ1n) is 10.9. The number of nitrogens with zero attached hydrogens (tertiary/aromatic N) is 2. The number of amides is 1. The molecule has 1 aliphatic rings. The monoisotopic (exact) mass is 471 g/mol. The zero-order valence-electron chi connectivity index (χ0n) is 18.9. The third kappa shape index (κ3) is 5.48. The van der Waals surface area contributed by atoms with E-state index < -0.39 is 0 Å². The molecule has 0 bridgehead atoms. The summed E-state index contributed by atoms with van der Waals surface area (Å²) in [4.78, 5) is 15.9. The quantitative estimate of drug-likeness (QED) is 0.535. The van der Waals surface area contributed by atoms with Gasteiger partial charge in [-0.25, -0.2) is 0 Å². The van der Waals surface area contributed by atoms with Crippen molar-refractivity contribution in [2.75, 3.05) is 33.9 Å². The van der Waals surface area contributed by atoms with E-state index in [9.17, 15) is 4.79 Å². The van der Waals surface area contributed by atoms with E-state index in [4.69, 9.17) is 21.1 Å². The Morgan fingerprint density at radius 1 is 1.32 bits per heavy atom. The Kier molecular flexibility index (Phi) is 9.94.